The van der Waals surface area contributed by atoms with Crippen LogP contribution < -0.4 is 10.0 Å². The van der Waals surface area contributed by atoms with E-state index in [1.54, 1.807) is 24.5 Å². The second-order valence-electron chi connectivity index (χ2n) is 7.68. The number of rotatable bonds is 7. The zero-order valence-corrected chi connectivity index (χ0v) is 18.8. The summed E-state index contributed by atoms with van der Waals surface area (Å²) in [7, 11) is -3.74. The summed E-state index contributed by atoms with van der Waals surface area (Å²) in [5.74, 6) is -0.313. The van der Waals surface area contributed by atoms with E-state index in [2.05, 4.69) is 15.0 Å². The van der Waals surface area contributed by atoms with Gasteiger partial charge in [0.25, 0.3) is 15.9 Å². The maximum Gasteiger partial charge on any atom is 0.261 e. The minimum absolute atomic E-state index is 0.0834. The molecule has 1 amide bonds. The first-order valence-corrected chi connectivity index (χ1v) is 11.9. The van der Waals surface area contributed by atoms with Crippen LogP contribution in [-0.2, 0) is 16.4 Å². The van der Waals surface area contributed by atoms with E-state index in [9.17, 15) is 13.2 Å². The predicted molar refractivity (Wildman–Crippen MR) is 130 cm³/mol. The minimum atomic E-state index is -3.74. The van der Waals surface area contributed by atoms with Gasteiger partial charge in [0.05, 0.1) is 4.90 Å². The van der Waals surface area contributed by atoms with Crippen molar-refractivity contribution in [3.8, 4) is 0 Å². The number of aryl methyl sites for hydroxylation is 1. The van der Waals surface area contributed by atoms with Crippen molar-refractivity contribution in [1.82, 2.24) is 4.98 Å². The van der Waals surface area contributed by atoms with Gasteiger partial charge in [0.15, 0.2) is 0 Å². The quantitative estimate of drug-likeness (QED) is 0.407. The van der Waals surface area contributed by atoms with Crippen molar-refractivity contribution in [3.05, 3.63) is 120 Å². The van der Waals surface area contributed by atoms with E-state index in [-0.39, 0.29) is 10.8 Å². The summed E-state index contributed by atoms with van der Waals surface area (Å²) in [4.78, 5) is 16.7. The molecule has 0 radical (unpaired) electrons. The third-order valence-electron chi connectivity index (χ3n) is 5.10. The Labute approximate surface area is 193 Å². The molecule has 3 aromatic carbocycles. The van der Waals surface area contributed by atoms with Crippen LogP contribution in [0.2, 0.25) is 0 Å². The molecule has 0 bridgehead atoms. The maximum atomic E-state index is 12.6. The molecule has 0 saturated heterocycles. The largest absolute Gasteiger partial charge is 0.322 e. The van der Waals surface area contributed by atoms with Gasteiger partial charge < -0.3 is 5.32 Å². The first kappa shape index (κ1) is 22.2. The fourth-order valence-corrected chi connectivity index (χ4v) is 4.33. The number of nitrogens with one attached hydrogen (secondary N) is 2. The number of anilines is 2. The second kappa shape index (κ2) is 9.67. The molecule has 6 nitrogen and oxygen atoms in total. The van der Waals surface area contributed by atoms with E-state index in [4.69, 9.17) is 0 Å². The number of carbonyl (C=O) groups excluding carboxylic acids is 1. The standard InChI is InChI=1S/C26H23N3O3S/c1-19-2-8-24(9-3-19)29-33(31,32)25-12-6-22(7-13-25)26(30)28-23-10-4-20(5-11-23)18-21-14-16-27-17-15-21/h2-17,29H,18H2,1H3,(H,28,30). The molecule has 1 aromatic heterocycles. The van der Waals surface area contributed by atoms with E-state index in [0.29, 0.717) is 16.9 Å². The second-order valence-corrected chi connectivity index (χ2v) is 9.36. The molecule has 4 rings (SSSR count). The molecule has 0 aliphatic heterocycles. The molecule has 33 heavy (non-hydrogen) atoms. The average Bonchev–Trinajstić information content (AvgIpc) is 2.82. The maximum absolute atomic E-state index is 12.6. The van der Waals surface area contributed by atoms with Gasteiger partial charge in [-0.25, -0.2) is 8.42 Å². The molecule has 0 atom stereocenters. The van der Waals surface area contributed by atoms with Gasteiger partial charge in [-0.3, -0.25) is 14.5 Å². The lowest BCUT2D eigenvalue weighted by Gasteiger charge is -2.10. The molecule has 0 spiro atoms. The number of carbonyl (C=O) groups is 1. The van der Waals surface area contributed by atoms with Crippen LogP contribution >= 0.6 is 0 Å². The molecule has 2 N–H and O–H groups in total. The summed E-state index contributed by atoms with van der Waals surface area (Å²) in [5, 5.41) is 2.84. The lowest BCUT2D eigenvalue weighted by atomic mass is 10.1. The Morgan fingerprint density at radius 2 is 1.33 bits per heavy atom. The van der Waals surface area contributed by atoms with Crippen molar-refractivity contribution < 1.29 is 13.2 Å². The predicted octanol–water partition coefficient (Wildman–Crippen LogP) is 5.03. The van der Waals surface area contributed by atoms with Crippen LogP contribution in [-0.4, -0.2) is 19.3 Å². The highest BCUT2D eigenvalue weighted by Gasteiger charge is 2.15. The van der Waals surface area contributed by atoms with Crippen LogP contribution in [0.3, 0.4) is 0 Å². The van der Waals surface area contributed by atoms with E-state index in [1.807, 2.05) is 55.5 Å². The van der Waals surface area contributed by atoms with Crippen LogP contribution in [0.5, 0.6) is 0 Å². The van der Waals surface area contributed by atoms with Crippen LogP contribution in [0.4, 0.5) is 11.4 Å². The monoisotopic (exact) mass is 457 g/mol. The van der Waals surface area contributed by atoms with Crippen molar-refractivity contribution in [2.45, 2.75) is 18.2 Å². The van der Waals surface area contributed by atoms with Gasteiger partial charge in [0.2, 0.25) is 0 Å². The van der Waals surface area contributed by atoms with Crippen LogP contribution in [0, 0.1) is 6.92 Å². The summed E-state index contributed by atoms with van der Waals surface area (Å²) in [5.41, 5.74) is 4.83. The Bertz CT molecular complexity index is 1340. The smallest absolute Gasteiger partial charge is 0.261 e. The number of sulfonamides is 1. The first-order chi connectivity index (χ1) is 15.9. The van der Waals surface area contributed by atoms with Crippen molar-refractivity contribution in [2.24, 2.45) is 0 Å². The number of amides is 1. The summed E-state index contributed by atoms with van der Waals surface area (Å²) in [6.45, 7) is 1.93. The van der Waals surface area contributed by atoms with Crippen molar-refractivity contribution in [3.63, 3.8) is 0 Å². The van der Waals surface area contributed by atoms with Crippen LogP contribution in [0.15, 0.2) is 102 Å². The molecule has 7 heteroatoms. The van der Waals surface area contributed by atoms with E-state index >= 15 is 0 Å². The number of hydrogen-bond donors (Lipinski definition) is 2. The van der Waals surface area contributed by atoms with E-state index < -0.39 is 10.0 Å². The Morgan fingerprint density at radius 1 is 0.758 bits per heavy atom. The average molecular weight is 458 g/mol. The van der Waals surface area contributed by atoms with Crippen LogP contribution in [0.25, 0.3) is 0 Å². The van der Waals surface area contributed by atoms with Gasteiger partial charge in [-0.15, -0.1) is 0 Å². The molecule has 4 aromatic rings. The Kier molecular flexibility index (Phi) is 6.51. The molecular formula is C26H23N3O3S. The number of aromatic nitrogens is 1. The van der Waals surface area contributed by atoms with Crippen molar-refractivity contribution in [2.75, 3.05) is 10.0 Å². The highest BCUT2D eigenvalue weighted by Crippen LogP contribution is 2.18. The normalized spacial score (nSPS) is 11.1. The molecule has 0 aliphatic carbocycles. The number of hydrogen-bond acceptors (Lipinski definition) is 4. The third kappa shape index (κ3) is 5.84. The molecule has 0 aliphatic rings. The number of pyridine rings is 1. The SMILES string of the molecule is Cc1ccc(NS(=O)(=O)c2ccc(C(=O)Nc3ccc(Cc4ccncc4)cc3)cc2)cc1. The first-order valence-electron chi connectivity index (χ1n) is 10.4. The van der Waals surface area contributed by atoms with Gasteiger partial charge >= 0.3 is 0 Å². The van der Waals surface area contributed by atoms with Gasteiger partial charge in [0.1, 0.15) is 0 Å². The molecule has 1 heterocycles. The lowest BCUT2D eigenvalue weighted by molar-refractivity contribution is 0.102. The topological polar surface area (TPSA) is 88.2 Å². The Balaban J connectivity index is 1.39. The summed E-state index contributed by atoms with van der Waals surface area (Å²) in [6, 6.07) is 24.5. The summed E-state index contributed by atoms with van der Waals surface area (Å²) < 4.78 is 27.8. The van der Waals surface area contributed by atoms with Crippen LogP contribution in [0.1, 0.15) is 27.0 Å². The van der Waals surface area contributed by atoms with E-state index in [0.717, 1.165) is 23.1 Å². The highest BCUT2D eigenvalue weighted by atomic mass is 32.2. The molecule has 0 fully saturated rings. The lowest BCUT2D eigenvalue weighted by Crippen LogP contribution is -2.14. The Morgan fingerprint density at radius 3 is 1.97 bits per heavy atom. The molecule has 166 valence electrons. The zero-order valence-electron chi connectivity index (χ0n) is 18.0. The van der Waals surface area contributed by atoms with Crippen molar-refractivity contribution >= 4 is 27.3 Å². The van der Waals surface area contributed by atoms with Gasteiger partial charge in [0, 0.05) is 29.3 Å². The summed E-state index contributed by atoms with van der Waals surface area (Å²) in [6.07, 6.45) is 4.31. The van der Waals surface area contributed by atoms with Crippen molar-refractivity contribution in [1.29, 1.82) is 0 Å². The fraction of sp³-hybridized carbons (Fsp3) is 0.0769. The molecular weight excluding hydrogens is 434 g/mol. The molecule has 0 unspecified atom stereocenters. The summed E-state index contributed by atoms with van der Waals surface area (Å²) >= 11 is 0. The van der Waals surface area contributed by atoms with E-state index in [1.165, 1.54) is 24.3 Å². The zero-order chi connectivity index (χ0) is 23.3. The fourth-order valence-electron chi connectivity index (χ4n) is 3.27. The molecule has 0 saturated carbocycles. The minimum Gasteiger partial charge on any atom is -0.322 e. The van der Waals surface area contributed by atoms with Gasteiger partial charge in [-0.1, -0.05) is 29.8 Å². The Hall–Kier alpha value is -3.97. The van der Waals surface area contributed by atoms with Gasteiger partial charge in [-0.05, 0) is 85.1 Å². The third-order valence-corrected chi connectivity index (χ3v) is 6.50. The number of benzene rings is 3. The highest BCUT2D eigenvalue weighted by molar-refractivity contribution is 7.92. The van der Waals surface area contributed by atoms with Gasteiger partial charge in [-0.2, -0.15) is 0 Å². The number of nitrogens with zero attached hydrogens (tertiary/aromatic N) is 1.